The van der Waals surface area contributed by atoms with Crippen molar-refractivity contribution >= 4 is 11.8 Å². The predicted octanol–water partition coefficient (Wildman–Crippen LogP) is 1.67. The first-order valence-electron chi connectivity index (χ1n) is 8.48. The lowest BCUT2D eigenvalue weighted by molar-refractivity contribution is -0.144. The fraction of sp³-hybridized carbons (Fsp3) is 0.474. The molecule has 1 aromatic rings. The Morgan fingerprint density at radius 1 is 1.24 bits per heavy atom. The summed E-state index contributed by atoms with van der Waals surface area (Å²) in [4.78, 5) is 27.1. The van der Waals surface area contributed by atoms with Crippen LogP contribution in [0.1, 0.15) is 24.0 Å². The van der Waals surface area contributed by atoms with E-state index in [4.69, 9.17) is 9.47 Å². The number of benzene rings is 1. The molecule has 0 unspecified atom stereocenters. The van der Waals surface area contributed by atoms with E-state index in [9.17, 15) is 9.59 Å². The Hall–Kier alpha value is -2.50. The van der Waals surface area contributed by atoms with Gasteiger partial charge in [-0.15, -0.1) is 6.58 Å². The van der Waals surface area contributed by atoms with Gasteiger partial charge in [0.25, 0.3) is 0 Å². The molecular weight excluding hydrogens is 320 g/mol. The molecule has 6 nitrogen and oxygen atoms in total. The SMILES string of the molecule is C=CCNC(=O)C1(C(=O)N2CCc3cc(OC)c(OC)cc3C2)CC1. The number of nitrogens with one attached hydrogen (secondary N) is 1. The summed E-state index contributed by atoms with van der Waals surface area (Å²) in [6.45, 7) is 5.08. The molecule has 0 bridgehead atoms. The highest BCUT2D eigenvalue weighted by Gasteiger charge is 2.58. The molecule has 25 heavy (non-hydrogen) atoms. The molecule has 1 aliphatic carbocycles. The van der Waals surface area contributed by atoms with Crippen molar-refractivity contribution in [1.29, 1.82) is 0 Å². The van der Waals surface area contributed by atoms with Gasteiger partial charge in [-0.3, -0.25) is 9.59 Å². The second-order valence-electron chi connectivity index (χ2n) is 6.53. The number of amides is 2. The molecule has 2 aliphatic rings. The predicted molar refractivity (Wildman–Crippen MR) is 93.5 cm³/mol. The van der Waals surface area contributed by atoms with E-state index < -0.39 is 5.41 Å². The molecule has 2 amide bonds. The van der Waals surface area contributed by atoms with Crippen LogP contribution in [-0.2, 0) is 22.6 Å². The maximum atomic E-state index is 13.0. The van der Waals surface area contributed by atoms with Crippen molar-refractivity contribution in [3.8, 4) is 11.5 Å². The standard InChI is InChI=1S/C19H24N2O4/c1-4-8-20-17(22)19(6-7-19)18(23)21-9-5-13-10-15(24-2)16(25-3)11-14(13)12-21/h4,10-11H,1,5-9,12H2,2-3H3,(H,20,22). The normalized spacial score (nSPS) is 17.3. The number of carbonyl (C=O) groups excluding carboxylic acids is 2. The van der Waals surface area contributed by atoms with Gasteiger partial charge in [0.2, 0.25) is 11.8 Å². The first kappa shape index (κ1) is 17.3. The van der Waals surface area contributed by atoms with Crippen LogP contribution in [0.15, 0.2) is 24.8 Å². The van der Waals surface area contributed by atoms with Gasteiger partial charge in [0.15, 0.2) is 11.5 Å². The van der Waals surface area contributed by atoms with E-state index >= 15 is 0 Å². The molecule has 3 rings (SSSR count). The van der Waals surface area contributed by atoms with Gasteiger partial charge < -0.3 is 19.7 Å². The number of carbonyl (C=O) groups is 2. The van der Waals surface area contributed by atoms with Crippen molar-refractivity contribution in [3.05, 3.63) is 35.9 Å². The molecule has 0 spiro atoms. The molecular formula is C19H24N2O4. The van der Waals surface area contributed by atoms with Crippen molar-refractivity contribution in [2.75, 3.05) is 27.3 Å². The van der Waals surface area contributed by atoms with E-state index in [2.05, 4.69) is 11.9 Å². The van der Waals surface area contributed by atoms with Crippen molar-refractivity contribution in [3.63, 3.8) is 0 Å². The monoisotopic (exact) mass is 344 g/mol. The Morgan fingerprint density at radius 3 is 2.44 bits per heavy atom. The molecule has 1 heterocycles. The van der Waals surface area contributed by atoms with Crippen LogP contribution in [0.2, 0.25) is 0 Å². The van der Waals surface area contributed by atoms with Crippen LogP contribution in [-0.4, -0.2) is 44.0 Å². The molecule has 1 fully saturated rings. The van der Waals surface area contributed by atoms with E-state index in [0.717, 1.165) is 17.5 Å². The second-order valence-corrected chi connectivity index (χ2v) is 6.53. The van der Waals surface area contributed by atoms with E-state index in [0.29, 0.717) is 44.0 Å². The smallest absolute Gasteiger partial charge is 0.238 e. The summed E-state index contributed by atoms with van der Waals surface area (Å²) < 4.78 is 10.7. The molecule has 134 valence electrons. The molecule has 1 aliphatic heterocycles. The van der Waals surface area contributed by atoms with Gasteiger partial charge in [-0.2, -0.15) is 0 Å². The van der Waals surface area contributed by atoms with Crippen molar-refractivity contribution in [2.24, 2.45) is 5.41 Å². The second kappa shape index (κ2) is 6.78. The summed E-state index contributed by atoms with van der Waals surface area (Å²) in [6, 6.07) is 3.89. The summed E-state index contributed by atoms with van der Waals surface area (Å²) in [5.74, 6) is 1.09. The third-order valence-corrected chi connectivity index (χ3v) is 5.01. The number of rotatable bonds is 6. The number of hydrogen-bond acceptors (Lipinski definition) is 4. The molecule has 1 N–H and O–H groups in total. The van der Waals surface area contributed by atoms with Crippen LogP contribution in [0.25, 0.3) is 0 Å². The molecule has 0 atom stereocenters. The van der Waals surface area contributed by atoms with Crippen molar-refractivity contribution < 1.29 is 19.1 Å². The molecule has 6 heteroatoms. The zero-order chi connectivity index (χ0) is 18.0. The Kier molecular flexibility index (Phi) is 4.70. The Balaban J connectivity index is 1.77. The van der Waals surface area contributed by atoms with E-state index in [1.807, 2.05) is 12.1 Å². The van der Waals surface area contributed by atoms with Gasteiger partial charge in [0, 0.05) is 19.6 Å². The summed E-state index contributed by atoms with van der Waals surface area (Å²) in [5, 5.41) is 2.77. The number of hydrogen-bond donors (Lipinski definition) is 1. The summed E-state index contributed by atoms with van der Waals surface area (Å²) >= 11 is 0. The first-order chi connectivity index (χ1) is 12.1. The van der Waals surface area contributed by atoms with Gasteiger partial charge in [0.05, 0.1) is 14.2 Å². The lowest BCUT2D eigenvalue weighted by atomic mass is 9.96. The molecule has 0 radical (unpaired) electrons. The van der Waals surface area contributed by atoms with Gasteiger partial charge in [0.1, 0.15) is 5.41 Å². The third-order valence-electron chi connectivity index (χ3n) is 5.01. The Morgan fingerprint density at radius 2 is 1.88 bits per heavy atom. The largest absolute Gasteiger partial charge is 0.493 e. The minimum Gasteiger partial charge on any atom is -0.493 e. The highest BCUT2D eigenvalue weighted by Crippen LogP contribution is 2.48. The quantitative estimate of drug-likeness (QED) is 0.630. The van der Waals surface area contributed by atoms with Crippen molar-refractivity contribution in [1.82, 2.24) is 10.2 Å². The Bertz CT molecular complexity index is 710. The van der Waals surface area contributed by atoms with Crippen LogP contribution in [0.5, 0.6) is 11.5 Å². The number of fused-ring (bicyclic) bond motifs is 1. The van der Waals surface area contributed by atoms with Gasteiger partial charge >= 0.3 is 0 Å². The number of methoxy groups -OCH3 is 2. The fourth-order valence-electron chi connectivity index (χ4n) is 3.36. The Labute approximate surface area is 147 Å². The van der Waals surface area contributed by atoms with Gasteiger partial charge in [-0.1, -0.05) is 6.08 Å². The van der Waals surface area contributed by atoms with Crippen LogP contribution in [0.4, 0.5) is 0 Å². The average molecular weight is 344 g/mol. The molecule has 1 aromatic carbocycles. The first-order valence-corrected chi connectivity index (χ1v) is 8.48. The van der Waals surface area contributed by atoms with Crippen LogP contribution in [0.3, 0.4) is 0 Å². The summed E-state index contributed by atoms with van der Waals surface area (Å²) in [6.07, 6.45) is 3.59. The number of nitrogens with zero attached hydrogens (tertiary/aromatic N) is 1. The summed E-state index contributed by atoms with van der Waals surface area (Å²) in [7, 11) is 3.21. The molecule has 0 saturated heterocycles. The zero-order valence-electron chi connectivity index (χ0n) is 14.8. The average Bonchev–Trinajstić information content (AvgIpc) is 3.45. The van der Waals surface area contributed by atoms with Gasteiger partial charge in [-0.25, -0.2) is 0 Å². The van der Waals surface area contributed by atoms with Crippen LogP contribution < -0.4 is 14.8 Å². The highest BCUT2D eigenvalue weighted by molar-refractivity contribution is 6.07. The maximum Gasteiger partial charge on any atom is 0.238 e. The van der Waals surface area contributed by atoms with Crippen LogP contribution in [0, 0.1) is 5.41 Å². The van der Waals surface area contributed by atoms with Crippen LogP contribution >= 0.6 is 0 Å². The highest BCUT2D eigenvalue weighted by atomic mass is 16.5. The topological polar surface area (TPSA) is 67.9 Å². The lowest BCUT2D eigenvalue weighted by Crippen LogP contribution is -2.46. The molecule has 0 aromatic heterocycles. The van der Waals surface area contributed by atoms with E-state index in [1.54, 1.807) is 25.2 Å². The minimum atomic E-state index is -0.878. The van der Waals surface area contributed by atoms with Gasteiger partial charge in [-0.05, 0) is 42.5 Å². The van der Waals surface area contributed by atoms with E-state index in [-0.39, 0.29) is 11.8 Å². The molecule has 1 saturated carbocycles. The lowest BCUT2D eigenvalue weighted by Gasteiger charge is -2.32. The maximum absolute atomic E-state index is 13.0. The summed E-state index contributed by atoms with van der Waals surface area (Å²) in [5.41, 5.74) is 1.32. The third kappa shape index (κ3) is 3.08. The van der Waals surface area contributed by atoms with E-state index in [1.165, 1.54) is 0 Å². The zero-order valence-corrected chi connectivity index (χ0v) is 14.8. The number of ether oxygens (including phenoxy) is 2. The van der Waals surface area contributed by atoms with Crippen molar-refractivity contribution in [2.45, 2.75) is 25.8 Å². The fourth-order valence-corrected chi connectivity index (χ4v) is 3.36. The minimum absolute atomic E-state index is 0.0745.